The van der Waals surface area contributed by atoms with Gasteiger partial charge in [-0.2, -0.15) is 0 Å². The maximum absolute atomic E-state index is 11.9. The van der Waals surface area contributed by atoms with Crippen molar-refractivity contribution in [2.24, 2.45) is 0 Å². The highest BCUT2D eigenvalue weighted by atomic mass is 16.2. The predicted molar refractivity (Wildman–Crippen MR) is 84.3 cm³/mol. The van der Waals surface area contributed by atoms with Gasteiger partial charge in [-0.3, -0.25) is 14.7 Å². The summed E-state index contributed by atoms with van der Waals surface area (Å²) in [6.45, 7) is 9.20. The fourth-order valence-corrected chi connectivity index (χ4v) is 2.40. The van der Waals surface area contributed by atoms with E-state index in [0.29, 0.717) is 19.6 Å². The van der Waals surface area contributed by atoms with Crippen molar-refractivity contribution in [3.8, 4) is 0 Å². The molecule has 2 rings (SSSR count). The van der Waals surface area contributed by atoms with Gasteiger partial charge in [0.25, 0.3) is 0 Å². The third-order valence-corrected chi connectivity index (χ3v) is 3.72. The first-order chi connectivity index (χ1) is 10.3. The fraction of sp³-hybridized carbons (Fsp3) is 0.600. The number of nitrogens with zero attached hydrogens (tertiary/aromatic N) is 3. The summed E-state index contributed by atoms with van der Waals surface area (Å²) in [6.07, 6.45) is 3.51. The molecule has 1 aromatic heterocycles. The number of carbonyl (C=O) groups excluding carboxylic acids is 1. The molecule has 0 spiro atoms. The molecular formula is C15H25N5O. The second kappa shape index (κ2) is 8.59. The zero-order chi connectivity index (χ0) is 14.9. The van der Waals surface area contributed by atoms with Crippen LogP contribution in [0.4, 0.5) is 5.69 Å². The minimum Gasteiger partial charge on any atom is -0.382 e. The predicted octanol–water partition coefficient (Wildman–Crippen LogP) is 0.247. The lowest BCUT2D eigenvalue weighted by Gasteiger charge is -2.33. The fourth-order valence-electron chi connectivity index (χ4n) is 2.40. The molecule has 0 bridgehead atoms. The number of amides is 1. The Bertz CT molecular complexity index is 417. The van der Waals surface area contributed by atoms with E-state index in [1.165, 1.54) is 0 Å². The van der Waals surface area contributed by atoms with Crippen molar-refractivity contribution < 1.29 is 4.79 Å². The lowest BCUT2D eigenvalue weighted by atomic mass is 10.3. The van der Waals surface area contributed by atoms with Gasteiger partial charge in [-0.05, 0) is 18.7 Å². The van der Waals surface area contributed by atoms with Gasteiger partial charge in [-0.25, -0.2) is 0 Å². The minimum absolute atomic E-state index is 0.105. The number of nitrogens with one attached hydrogen (secondary N) is 2. The number of likely N-dealkylation sites (N-methyl/N-ethyl adjacent to an activating group) is 1. The van der Waals surface area contributed by atoms with Crippen LogP contribution in [0.5, 0.6) is 0 Å². The summed E-state index contributed by atoms with van der Waals surface area (Å²) >= 11 is 0. The summed E-state index contributed by atoms with van der Waals surface area (Å²) in [4.78, 5) is 20.5. The summed E-state index contributed by atoms with van der Waals surface area (Å²) in [7, 11) is 0. The van der Waals surface area contributed by atoms with Crippen LogP contribution in [0.15, 0.2) is 24.5 Å². The van der Waals surface area contributed by atoms with Crippen molar-refractivity contribution >= 4 is 11.6 Å². The van der Waals surface area contributed by atoms with E-state index >= 15 is 0 Å². The number of hydrogen-bond donors (Lipinski definition) is 2. The van der Waals surface area contributed by atoms with Crippen molar-refractivity contribution in [3.05, 3.63) is 24.5 Å². The Labute approximate surface area is 126 Å². The van der Waals surface area contributed by atoms with Crippen LogP contribution in [0.3, 0.4) is 0 Å². The average molecular weight is 291 g/mol. The Kier molecular flexibility index (Phi) is 6.43. The molecule has 1 saturated heterocycles. The van der Waals surface area contributed by atoms with E-state index in [4.69, 9.17) is 0 Å². The number of aromatic nitrogens is 1. The Morgan fingerprint density at radius 3 is 2.67 bits per heavy atom. The van der Waals surface area contributed by atoms with Crippen LogP contribution in [-0.4, -0.2) is 73.0 Å². The molecule has 116 valence electrons. The van der Waals surface area contributed by atoms with Crippen LogP contribution in [0.25, 0.3) is 0 Å². The molecule has 0 aromatic carbocycles. The van der Waals surface area contributed by atoms with E-state index in [2.05, 4.69) is 32.3 Å². The quantitative estimate of drug-likeness (QED) is 0.705. The molecule has 2 heterocycles. The first kappa shape index (κ1) is 15.7. The Hall–Kier alpha value is -1.66. The van der Waals surface area contributed by atoms with Gasteiger partial charge in [-0.1, -0.05) is 6.92 Å². The number of carbonyl (C=O) groups is 1. The van der Waals surface area contributed by atoms with E-state index < -0.39 is 0 Å². The smallest absolute Gasteiger partial charge is 0.234 e. The highest BCUT2D eigenvalue weighted by Gasteiger charge is 2.17. The Morgan fingerprint density at radius 2 is 2.00 bits per heavy atom. The highest BCUT2D eigenvalue weighted by Crippen LogP contribution is 2.01. The van der Waals surface area contributed by atoms with Gasteiger partial charge in [0.1, 0.15) is 0 Å². The van der Waals surface area contributed by atoms with Gasteiger partial charge in [-0.15, -0.1) is 0 Å². The number of anilines is 1. The Morgan fingerprint density at radius 1 is 1.24 bits per heavy atom. The van der Waals surface area contributed by atoms with E-state index in [0.717, 1.165) is 38.4 Å². The Balaban J connectivity index is 1.56. The molecule has 1 amide bonds. The van der Waals surface area contributed by atoms with E-state index in [1.807, 2.05) is 12.1 Å². The topological polar surface area (TPSA) is 60.5 Å². The van der Waals surface area contributed by atoms with Gasteiger partial charge < -0.3 is 15.5 Å². The molecule has 0 unspecified atom stereocenters. The summed E-state index contributed by atoms with van der Waals surface area (Å²) in [5.41, 5.74) is 0.974. The van der Waals surface area contributed by atoms with Gasteiger partial charge in [0.15, 0.2) is 0 Å². The van der Waals surface area contributed by atoms with Crippen molar-refractivity contribution in [1.29, 1.82) is 0 Å². The number of rotatable bonds is 7. The van der Waals surface area contributed by atoms with E-state index in [1.54, 1.807) is 12.4 Å². The lowest BCUT2D eigenvalue weighted by molar-refractivity contribution is -0.122. The van der Waals surface area contributed by atoms with Gasteiger partial charge in [0, 0.05) is 51.7 Å². The summed E-state index contributed by atoms with van der Waals surface area (Å²) < 4.78 is 0. The zero-order valence-corrected chi connectivity index (χ0v) is 12.7. The second-order valence-electron chi connectivity index (χ2n) is 5.23. The molecule has 6 nitrogen and oxygen atoms in total. The molecule has 1 aliphatic rings. The number of piperazine rings is 1. The molecule has 1 fully saturated rings. The maximum atomic E-state index is 11.9. The standard InChI is InChI=1S/C15H25N5O/c1-2-19-8-10-20(11-9-19)13-15(21)18-7-6-17-14-4-3-5-16-12-14/h3-5,12,17H,2,6-11,13H2,1H3,(H,18,21). The monoisotopic (exact) mass is 291 g/mol. The molecule has 0 atom stereocenters. The van der Waals surface area contributed by atoms with Crippen LogP contribution >= 0.6 is 0 Å². The van der Waals surface area contributed by atoms with Crippen LogP contribution in [0, 0.1) is 0 Å². The maximum Gasteiger partial charge on any atom is 0.234 e. The molecular weight excluding hydrogens is 266 g/mol. The van der Waals surface area contributed by atoms with Crippen molar-refractivity contribution in [3.63, 3.8) is 0 Å². The molecule has 21 heavy (non-hydrogen) atoms. The molecule has 0 aliphatic carbocycles. The van der Waals surface area contributed by atoms with E-state index in [9.17, 15) is 4.79 Å². The normalized spacial score (nSPS) is 16.6. The molecule has 6 heteroatoms. The minimum atomic E-state index is 0.105. The van der Waals surface area contributed by atoms with Crippen LogP contribution < -0.4 is 10.6 Å². The van der Waals surface area contributed by atoms with Crippen LogP contribution in [0.1, 0.15) is 6.92 Å². The van der Waals surface area contributed by atoms with Crippen LogP contribution in [0.2, 0.25) is 0 Å². The highest BCUT2D eigenvalue weighted by molar-refractivity contribution is 5.78. The summed E-state index contributed by atoms with van der Waals surface area (Å²) in [5, 5.41) is 6.17. The summed E-state index contributed by atoms with van der Waals surface area (Å²) in [6, 6.07) is 3.85. The SMILES string of the molecule is CCN1CCN(CC(=O)NCCNc2cccnc2)CC1. The lowest BCUT2D eigenvalue weighted by Crippen LogP contribution is -2.49. The second-order valence-corrected chi connectivity index (χ2v) is 5.23. The van der Waals surface area contributed by atoms with Crippen LogP contribution in [-0.2, 0) is 4.79 Å². The molecule has 2 N–H and O–H groups in total. The molecule has 0 radical (unpaired) electrons. The first-order valence-electron chi connectivity index (χ1n) is 7.63. The van der Waals surface area contributed by atoms with Gasteiger partial charge in [0.05, 0.1) is 12.2 Å². The molecule has 1 aromatic rings. The summed E-state index contributed by atoms with van der Waals surface area (Å²) in [5.74, 6) is 0.105. The third-order valence-electron chi connectivity index (χ3n) is 3.72. The largest absolute Gasteiger partial charge is 0.382 e. The number of pyridine rings is 1. The molecule has 0 saturated carbocycles. The zero-order valence-electron chi connectivity index (χ0n) is 12.7. The molecule has 1 aliphatic heterocycles. The van der Waals surface area contributed by atoms with Crippen molar-refractivity contribution in [1.82, 2.24) is 20.1 Å². The third kappa shape index (κ3) is 5.69. The van der Waals surface area contributed by atoms with Crippen molar-refractivity contribution in [2.75, 3.05) is 57.7 Å². The number of hydrogen-bond acceptors (Lipinski definition) is 5. The average Bonchev–Trinajstić information content (AvgIpc) is 2.53. The van der Waals surface area contributed by atoms with Crippen molar-refractivity contribution in [2.45, 2.75) is 6.92 Å². The van der Waals surface area contributed by atoms with Gasteiger partial charge in [0.2, 0.25) is 5.91 Å². The first-order valence-corrected chi connectivity index (χ1v) is 7.63. The van der Waals surface area contributed by atoms with Gasteiger partial charge >= 0.3 is 0 Å². The van der Waals surface area contributed by atoms with E-state index in [-0.39, 0.29) is 5.91 Å².